The second kappa shape index (κ2) is 9.56. The fraction of sp³-hybridized carbons (Fsp3) is 0. The molecule has 3 aromatic carbocycles. The van der Waals surface area contributed by atoms with Crippen molar-refractivity contribution < 1.29 is 9.21 Å². The number of aromatic nitrogens is 1. The predicted molar refractivity (Wildman–Crippen MR) is 143 cm³/mol. The van der Waals surface area contributed by atoms with Crippen LogP contribution in [0.25, 0.3) is 32.1 Å². The number of carbonyl (C=O) groups is 1. The number of thiocarbonyl (C=S) groups is 1. The largest absolute Gasteiger partial charge is 0.451 e. The molecule has 1 amide bonds. The van der Waals surface area contributed by atoms with Crippen molar-refractivity contribution in [3.63, 3.8) is 0 Å². The summed E-state index contributed by atoms with van der Waals surface area (Å²) >= 11 is 19.3. The van der Waals surface area contributed by atoms with Crippen LogP contribution in [0.1, 0.15) is 10.6 Å². The lowest BCUT2D eigenvalue weighted by molar-refractivity contribution is 0.0951. The number of halogens is 2. The van der Waals surface area contributed by atoms with E-state index in [1.807, 2.05) is 48.5 Å². The maximum atomic E-state index is 12.5. The minimum atomic E-state index is -0.463. The summed E-state index contributed by atoms with van der Waals surface area (Å²) in [4.78, 5) is 17.2. The average Bonchev–Trinajstić information content (AvgIpc) is 3.47. The van der Waals surface area contributed by atoms with Crippen LogP contribution in [0.2, 0.25) is 10.0 Å². The fourth-order valence-corrected chi connectivity index (χ4v) is 4.98. The molecule has 0 atom stereocenters. The van der Waals surface area contributed by atoms with Gasteiger partial charge in [0.15, 0.2) is 10.9 Å². The standard InChI is InChI=1S/C25H15Cl2N3O2S2/c26-15-7-5-14(6-8-15)20-11-12-21(32-20)23(31)30-25(33)28-16-9-10-17(18(27)13-16)24-29-19-3-1-2-4-22(19)34-24/h1-13H,(H2,28,30,31,33). The van der Waals surface area contributed by atoms with Gasteiger partial charge >= 0.3 is 0 Å². The number of amides is 1. The van der Waals surface area contributed by atoms with Crippen LogP contribution in [-0.2, 0) is 0 Å². The maximum Gasteiger partial charge on any atom is 0.293 e. The normalized spacial score (nSPS) is 10.9. The van der Waals surface area contributed by atoms with Crippen LogP contribution in [0.5, 0.6) is 0 Å². The second-order valence-electron chi connectivity index (χ2n) is 7.26. The number of fused-ring (bicyclic) bond motifs is 1. The van der Waals surface area contributed by atoms with E-state index < -0.39 is 5.91 Å². The molecule has 2 heterocycles. The van der Waals surface area contributed by atoms with Gasteiger partial charge in [-0.1, -0.05) is 35.3 Å². The van der Waals surface area contributed by atoms with Crippen molar-refractivity contribution in [1.29, 1.82) is 0 Å². The number of rotatable bonds is 4. The summed E-state index contributed by atoms with van der Waals surface area (Å²) in [5, 5.41) is 7.70. The number of nitrogens with one attached hydrogen (secondary N) is 2. The Hall–Kier alpha value is -3.23. The summed E-state index contributed by atoms with van der Waals surface area (Å²) in [5.74, 6) is 0.228. The molecule has 2 N–H and O–H groups in total. The summed E-state index contributed by atoms with van der Waals surface area (Å²) in [5.41, 5.74) is 3.21. The molecule has 0 unspecified atom stereocenters. The Labute approximate surface area is 214 Å². The van der Waals surface area contributed by atoms with Gasteiger partial charge in [-0.15, -0.1) is 11.3 Å². The Kier molecular flexibility index (Phi) is 6.34. The van der Waals surface area contributed by atoms with E-state index in [2.05, 4.69) is 15.6 Å². The number of thiazole rings is 1. The van der Waals surface area contributed by atoms with Gasteiger partial charge < -0.3 is 9.73 Å². The topological polar surface area (TPSA) is 67.2 Å². The third kappa shape index (κ3) is 4.83. The predicted octanol–water partition coefficient (Wildman–Crippen LogP) is 7.66. The number of furan rings is 1. The summed E-state index contributed by atoms with van der Waals surface area (Å²) < 4.78 is 6.76. The molecule has 0 saturated carbocycles. The van der Waals surface area contributed by atoms with Gasteiger partial charge in [0.05, 0.1) is 15.2 Å². The molecule has 0 saturated heterocycles. The van der Waals surface area contributed by atoms with Crippen LogP contribution < -0.4 is 10.6 Å². The molecular weight excluding hydrogens is 509 g/mol. The van der Waals surface area contributed by atoms with Crippen molar-refractivity contribution in [3.05, 3.63) is 94.7 Å². The Morgan fingerprint density at radius 3 is 2.53 bits per heavy atom. The minimum Gasteiger partial charge on any atom is -0.451 e. The van der Waals surface area contributed by atoms with E-state index in [1.54, 1.807) is 41.7 Å². The molecule has 0 aliphatic heterocycles. The third-order valence-corrected chi connectivity index (χ3v) is 6.78. The van der Waals surface area contributed by atoms with Crippen LogP contribution in [0.15, 0.2) is 83.3 Å². The Bertz CT molecular complexity index is 1490. The quantitative estimate of drug-likeness (QED) is 0.236. The van der Waals surface area contributed by atoms with Gasteiger partial charge in [-0.25, -0.2) is 4.98 Å². The maximum absolute atomic E-state index is 12.5. The van der Waals surface area contributed by atoms with E-state index in [4.69, 9.17) is 39.8 Å². The molecule has 2 aromatic heterocycles. The first-order chi connectivity index (χ1) is 16.5. The lowest BCUT2D eigenvalue weighted by Crippen LogP contribution is -2.33. The van der Waals surface area contributed by atoms with Crippen molar-refractivity contribution >= 4 is 73.7 Å². The van der Waals surface area contributed by atoms with E-state index in [0.717, 1.165) is 26.4 Å². The van der Waals surface area contributed by atoms with Crippen molar-refractivity contribution in [2.45, 2.75) is 0 Å². The van der Waals surface area contributed by atoms with E-state index in [1.165, 1.54) is 0 Å². The zero-order chi connectivity index (χ0) is 23.7. The van der Waals surface area contributed by atoms with Gasteiger partial charge in [-0.3, -0.25) is 10.1 Å². The Morgan fingerprint density at radius 2 is 1.76 bits per heavy atom. The molecule has 0 spiro atoms. The third-order valence-electron chi connectivity index (χ3n) is 4.94. The monoisotopic (exact) mass is 523 g/mol. The van der Waals surface area contributed by atoms with E-state index in [9.17, 15) is 4.79 Å². The molecule has 0 aliphatic rings. The summed E-state index contributed by atoms with van der Waals surface area (Å²) in [7, 11) is 0. The van der Waals surface area contributed by atoms with Crippen LogP contribution in [-0.4, -0.2) is 16.0 Å². The van der Waals surface area contributed by atoms with E-state index >= 15 is 0 Å². The number of carbonyl (C=O) groups excluding carboxylic acids is 1. The van der Waals surface area contributed by atoms with Crippen LogP contribution >= 0.6 is 46.8 Å². The van der Waals surface area contributed by atoms with Crippen molar-refractivity contribution in [3.8, 4) is 21.9 Å². The van der Waals surface area contributed by atoms with Gasteiger partial charge in [-0.05, 0) is 78.9 Å². The summed E-state index contributed by atoms with van der Waals surface area (Å²) in [6, 6.07) is 23.8. The first kappa shape index (κ1) is 22.6. The van der Waals surface area contributed by atoms with Crippen molar-refractivity contribution in [2.75, 3.05) is 5.32 Å². The highest BCUT2D eigenvalue weighted by atomic mass is 35.5. The van der Waals surface area contributed by atoms with E-state index in [0.29, 0.717) is 21.5 Å². The smallest absolute Gasteiger partial charge is 0.293 e. The number of anilines is 1. The van der Waals surface area contributed by atoms with E-state index in [-0.39, 0.29) is 10.9 Å². The van der Waals surface area contributed by atoms with Crippen molar-refractivity contribution in [2.24, 2.45) is 0 Å². The summed E-state index contributed by atoms with van der Waals surface area (Å²) in [6.07, 6.45) is 0. The first-order valence-corrected chi connectivity index (χ1v) is 12.1. The second-order valence-corrected chi connectivity index (χ2v) is 9.54. The molecule has 0 aliphatic carbocycles. The Balaban J connectivity index is 1.25. The number of hydrogen-bond acceptors (Lipinski definition) is 5. The molecular formula is C25H15Cl2N3O2S2. The minimum absolute atomic E-state index is 0.123. The Morgan fingerprint density at radius 1 is 0.971 bits per heavy atom. The van der Waals surface area contributed by atoms with Crippen LogP contribution in [0, 0.1) is 0 Å². The lowest BCUT2D eigenvalue weighted by Gasteiger charge is -2.10. The number of benzene rings is 3. The average molecular weight is 524 g/mol. The van der Waals surface area contributed by atoms with Gasteiger partial charge in [0.1, 0.15) is 10.8 Å². The lowest BCUT2D eigenvalue weighted by atomic mass is 10.2. The number of para-hydroxylation sites is 1. The molecule has 34 heavy (non-hydrogen) atoms. The number of nitrogens with zero attached hydrogens (tertiary/aromatic N) is 1. The molecule has 5 aromatic rings. The molecule has 5 nitrogen and oxygen atoms in total. The molecule has 0 bridgehead atoms. The van der Waals surface area contributed by atoms with Gasteiger partial charge in [0.2, 0.25) is 0 Å². The van der Waals surface area contributed by atoms with Crippen molar-refractivity contribution in [1.82, 2.24) is 10.3 Å². The zero-order valence-corrected chi connectivity index (χ0v) is 20.5. The van der Waals surface area contributed by atoms with Crippen LogP contribution in [0.3, 0.4) is 0 Å². The molecule has 5 rings (SSSR count). The van der Waals surface area contributed by atoms with Crippen LogP contribution in [0.4, 0.5) is 5.69 Å². The molecule has 0 radical (unpaired) electrons. The van der Waals surface area contributed by atoms with Gasteiger partial charge in [0.25, 0.3) is 5.91 Å². The fourth-order valence-electron chi connectivity index (χ4n) is 3.31. The zero-order valence-electron chi connectivity index (χ0n) is 17.3. The first-order valence-electron chi connectivity index (χ1n) is 10.1. The van der Waals surface area contributed by atoms with Gasteiger partial charge in [0, 0.05) is 21.8 Å². The van der Waals surface area contributed by atoms with Gasteiger partial charge in [-0.2, -0.15) is 0 Å². The highest BCUT2D eigenvalue weighted by Crippen LogP contribution is 2.35. The highest BCUT2D eigenvalue weighted by Gasteiger charge is 2.15. The molecule has 9 heteroatoms. The number of hydrogen-bond donors (Lipinski definition) is 2. The summed E-state index contributed by atoms with van der Waals surface area (Å²) in [6.45, 7) is 0. The molecule has 0 fully saturated rings. The highest BCUT2D eigenvalue weighted by molar-refractivity contribution is 7.80. The SMILES string of the molecule is O=C(NC(=S)Nc1ccc(-c2nc3ccccc3s2)c(Cl)c1)c1ccc(-c2ccc(Cl)cc2)o1. The molecule has 168 valence electrons.